The molecule has 3 heteroatoms. The molecule has 19 heavy (non-hydrogen) atoms. The summed E-state index contributed by atoms with van der Waals surface area (Å²) in [7, 11) is 0. The fraction of sp³-hybridized carbons (Fsp3) is 0.188. The molecule has 0 aliphatic rings. The lowest BCUT2D eigenvalue weighted by atomic mass is 9.91. The van der Waals surface area contributed by atoms with E-state index in [1.165, 1.54) is 12.1 Å². The zero-order valence-electron chi connectivity index (χ0n) is 10.7. The fourth-order valence-corrected chi connectivity index (χ4v) is 2.05. The van der Waals surface area contributed by atoms with E-state index in [-0.39, 0.29) is 5.75 Å². The molecule has 0 fully saturated rings. The number of aryl methyl sites for hydroxylation is 1. The smallest absolute Gasteiger partial charge is 0.311 e. The highest BCUT2D eigenvalue weighted by Crippen LogP contribution is 2.24. The second-order valence-corrected chi connectivity index (χ2v) is 4.68. The lowest BCUT2D eigenvalue weighted by Crippen LogP contribution is -2.14. The number of aromatic hydroxyl groups is 1. The van der Waals surface area contributed by atoms with Gasteiger partial charge in [0.25, 0.3) is 0 Å². The highest BCUT2D eigenvalue weighted by Gasteiger charge is 2.20. The van der Waals surface area contributed by atoms with E-state index < -0.39 is 11.9 Å². The topological polar surface area (TPSA) is 57.5 Å². The lowest BCUT2D eigenvalue weighted by Gasteiger charge is -2.13. The summed E-state index contributed by atoms with van der Waals surface area (Å²) in [6.07, 6.45) is 0.416. The first-order chi connectivity index (χ1) is 9.06. The van der Waals surface area contributed by atoms with Crippen LogP contribution < -0.4 is 0 Å². The van der Waals surface area contributed by atoms with Crippen LogP contribution in [0.2, 0.25) is 0 Å². The summed E-state index contributed by atoms with van der Waals surface area (Å²) >= 11 is 0. The summed E-state index contributed by atoms with van der Waals surface area (Å²) < 4.78 is 0. The first-order valence-electron chi connectivity index (χ1n) is 6.13. The average Bonchev–Trinajstić information content (AvgIpc) is 2.37. The Morgan fingerprint density at radius 2 is 1.84 bits per heavy atom. The van der Waals surface area contributed by atoms with Gasteiger partial charge in [-0.05, 0) is 36.6 Å². The molecule has 2 aromatic carbocycles. The van der Waals surface area contributed by atoms with E-state index in [1.54, 1.807) is 12.1 Å². The number of rotatable bonds is 4. The maximum absolute atomic E-state index is 11.4. The van der Waals surface area contributed by atoms with Crippen molar-refractivity contribution in [3.63, 3.8) is 0 Å². The van der Waals surface area contributed by atoms with Gasteiger partial charge in [-0.3, -0.25) is 4.79 Å². The van der Waals surface area contributed by atoms with Crippen LogP contribution in [0.15, 0.2) is 48.5 Å². The van der Waals surface area contributed by atoms with Crippen molar-refractivity contribution in [3.8, 4) is 5.75 Å². The summed E-state index contributed by atoms with van der Waals surface area (Å²) in [5.41, 5.74) is 2.74. The third-order valence-corrected chi connectivity index (χ3v) is 3.13. The van der Waals surface area contributed by atoms with E-state index in [1.807, 2.05) is 31.2 Å². The number of hydrogen-bond acceptors (Lipinski definition) is 2. The Morgan fingerprint density at radius 3 is 2.42 bits per heavy atom. The van der Waals surface area contributed by atoms with Crippen molar-refractivity contribution in [1.82, 2.24) is 0 Å². The summed E-state index contributed by atoms with van der Waals surface area (Å²) in [4.78, 5) is 11.4. The minimum atomic E-state index is -0.883. The van der Waals surface area contributed by atoms with Crippen LogP contribution >= 0.6 is 0 Å². The van der Waals surface area contributed by atoms with Crippen molar-refractivity contribution in [2.24, 2.45) is 0 Å². The monoisotopic (exact) mass is 256 g/mol. The Morgan fingerprint density at radius 1 is 1.16 bits per heavy atom. The molecule has 2 aromatic rings. The average molecular weight is 256 g/mol. The van der Waals surface area contributed by atoms with Crippen LogP contribution in [-0.4, -0.2) is 16.2 Å². The van der Waals surface area contributed by atoms with E-state index in [0.29, 0.717) is 12.0 Å². The van der Waals surface area contributed by atoms with Gasteiger partial charge in [-0.2, -0.15) is 0 Å². The molecular formula is C16H16O3. The van der Waals surface area contributed by atoms with Gasteiger partial charge < -0.3 is 10.2 Å². The standard InChI is InChI=1S/C16H16O3/c1-11-5-7-12(8-6-11)9-15(16(18)19)13-3-2-4-14(17)10-13/h2-8,10,15,17H,9H2,1H3,(H,18,19). The van der Waals surface area contributed by atoms with E-state index in [0.717, 1.165) is 11.1 Å². The second-order valence-electron chi connectivity index (χ2n) is 4.68. The summed E-state index contributed by atoms with van der Waals surface area (Å²) in [5.74, 6) is -1.44. The SMILES string of the molecule is Cc1ccc(CC(C(=O)O)c2cccc(O)c2)cc1. The van der Waals surface area contributed by atoms with Gasteiger partial charge in [0.05, 0.1) is 5.92 Å². The summed E-state index contributed by atoms with van der Waals surface area (Å²) in [6.45, 7) is 1.99. The Kier molecular flexibility index (Phi) is 3.85. The fourth-order valence-electron chi connectivity index (χ4n) is 2.05. The molecule has 0 heterocycles. The molecule has 3 nitrogen and oxygen atoms in total. The molecule has 2 N–H and O–H groups in total. The Hall–Kier alpha value is -2.29. The third-order valence-electron chi connectivity index (χ3n) is 3.13. The van der Waals surface area contributed by atoms with Crippen LogP contribution in [0.1, 0.15) is 22.6 Å². The normalized spacial score (nSPS) is 12.1. The van der Waals surface area contributed by atoms with Gasteiger partial charge in [-0.15, -0.1) is 0 Å². The van der Waals surface area contributed by atoms with Crippen molar-refractivity contribution in [3.05, 3.63) is 65.2 Å². The van der Waals surface area contributed by atoms with Crippen molar-refractivity contribution in [2.45, 2.75) is 19.3 Å². The van der Waals surface area contributed by atoms with Crippen molar-refractivity contribution < 1.29 is 15.0 Å². The quantitative estimate of drug-likeness (QED) is 0.883. The van der Waals surface area contributed by atoms with Crippen LogP contribution in [0.4, 0.5) is 0 Å². The molecular weight excluding hydrogens is 240 g/mol. The molecule has 0 bridgehead atoms. The van der Waals surface area contributed by atoms with E-state index in [4.69, 9.17) is 0 Å². The van der Waals surface area contributed by atoms with E-state index >= 15 is 0 Å². The zero-order chi connectivity index (χ0) is 13.8. The molecule has 0 amide bonds. The largest absolute Gasteiger partial charge is 0.508 e. The maximum atomic E-state index is 11.4. The van der Waals surface area contributed by atoms with Gasteiger partial charge in [0.1, 0.15) is 5.75 Å². The van der Waals surface area contributed by atoms with Crippen molar-refractivity contribution >= 4 is 5.97 Å². The van der Waals surface area contributed by atoms with E-state index in [9.17, 15) is 15.0 Å². The number of hydrogen-bond donors (Lipinski definition) is 2. The zero-order valence-corrected chi connectivity index (χ0v) is 10.7. The molecule has 1 atom stereocenters. The highest BCUT2D eigenvalue weighted by atomic mass is 16.4. The summed E-state index contributed by atoms with van der Waals surface area (Å²) in [6, 6.07) is 14.2. The first kappa shape index (κ1) is 13.1. The molecule has 2 rings (SSSR count). The number of benzene rings is 2. The molecule has 1 unspecified atom stereocenters. The van der Waals surface area contributed by atoms with Crippen molar-refractivity contribution in [2.75, 3.05) is 0 Å². The Labute approximate surface area is 112 Å². The predicted octanol–water partition coefficient (Wildman–Crippen LogP) is 3.11. The Balaban J connectivity index is 2.26. The number of phenolic OH excluding ortho intramolecular Hbond substituents is 1. The second kappa shape index (κ2) is 5.57. The lowest BCUT2D eigenvalue weighted by molar-refractivity contribution is -0.138. The van der Waals surface area contributed by atoms with Gasteiger partial charge in [0.15, 0.2) is 0 Å². The molecule has 0 radical (unpaired) electrons. The summed E-state index contributed by atoms with van der Waals surface area (Å²) in [5, 5.41) is 18.8. The first-order valence-corrected chi connectivity index (χ1v) is 6.13. The molecule has 0 spiro atoms. The number of phenols is 1. The minimum absolute atomic E-state index is 0.0904. The van der Waals surface area contributed by atoms with Gasteiger partial charge in [0, 0.05) is 0 Å². The maximum Gasteiger partial charge on any atom is 0.311 e. The molecule has 0 aromatic heterocycles. The number of carboxylic acid groups (broad SMARTS) is 1. The van der Waals surface area contributed by atoms with Crippen LogP contribution in [0, 0.1) is 6.92 Å². The minimum Gasteiger partial charge on any atom is -0.508 e. The van der Waals surface area contributed by atoms with E-state index in [2.05, 4.69) is 0 Å². The van der Waals surface area contributed by atoms with Crippen LogP contribution in [-0.2, 0) is 11.2 Å². The van der Waals surface area contributed by atoms with Crippen LogP contribution in [0.3, 0.4) is 0 Å². The predicted molar refractivity (Wildman–Crippen MR) is 73.4 cm³/mol. The van der Waals surface area contributed by atoms with Gasteiger partial charge in [0.2, 0.25) is 0 Å². The molecule has 0 saturated heterocycles. The van der Waals surface area contributed by atoms with Gasteiger partial charge in [-0.1, -0.05) is 42.0 Å². The Bertz CT molecular complexity index is 573. The van der Waals surface area contributed by atoms with Crippen molar-refractivity contribution in [1.29, 1.82) is 0 Å². The number of aliphatic carboxylic acids is 1. The van der Waals surface area contributed by atoms with Gasteiger partial charge in [-0.25, -0.2) is 0 Å². The number of carbonyl (C=O) groups is 1. The van der Waals surface area contributed by atoms with Gasteiger partial charge >= 0.3 is 5.97 Å². The molecule has 0 aliphatic carbocycles. The van der Waals surface area contributed by atoms with Crippen LogP contribution in [0.25, 0.3) is 0 Å². The molecule has 0 saturated carbocycles. The highest BCUT2D eigenvalue weighted by molar-refractivity contribution is 5.76. The third kappa shape index (κ3) is 3.35. The number of carboxylic acids is 1. The molecule has 0 aliphatic heterocycles. The van der Waals surface area contributed by atoms with Crippen LogP contribution in [0.5, 0.6) is 5.75 Å². The molecule has 98 valence electrons.